The normalized spacial score (nSPS) is 19.5. The van der Waals surface area contributed by atoms with Crippen molar-refractivity contribution in [2.75, 3.05) is 31.1 Å². The molecule has 1 amide bonds. The first-order chi connectivity index (χ1) is 5.34. The average Bonchev–Trinajstić information content (AvgIpc) is 2.30. The molecule has 0 radical (unpaired) electrons. The summed E-state index contributed by atoms with van der Waals surface area (Å²) in [5.74, 6) is 2.13. The van der Waals surface area contributed by atoms with Crippen molar-refractivity contribution < 1.29 is 4.79 Å². The number of nitrogens with zero attached hydrogens (tertiary/aromatic N) is 1. The highest BCUT2D eigenvalue weighted by molar-refractivity contribution is 8.76. The summed E-state index contributed by atoms with van der Waals surface area (Å²) in [6.45, 7) is 1.86. The fourth-order valence-electron chi connectivity index (χ4n) is 0.903. The molecule has 2 N–H and O–H groups in total. The Kier molecular flexibility index (Phi) is 4.11. The number of carbonyl (C=O) groups excluding carboxylic acids is 1. The number of amides is 1. The lowest BCUT2D eigenvalue weighted by molar-refractivity contribution is -0.129. The van der Waals surface area contributed by atoms with Crippen LogP contribution in [0.1, 0.15) is 0 Å². The maximum Gasteiger partial charge on any atom is 0.236 e. The predicted octanol–water partition coefficient (Wildman–Crippen LogP) is 0.169. The van der Waals surface area contributed by atoms with Gasteiger partial charge in [0.05, 0.1) is 6.54 Å². The summed E-state index contributed by atoms with van der Waals surface area (Å²) in [7, 11) is 3.66. The quantitative estimate of drug-likeness (QED) is 0.602. The molecule has 0 aliphatic carbocycles. The summed E-state index contributed by atoms with van der Waals surface area (Å²) in [6.07, 6.45) is 0. The Morgan fingerprint density at radius 3 is 2.36 bits per heavy atom. The Morgan fingerprint density at radius 1 is 1.36 bits per heavy atom. The van der Waals surface area contributed by atoms with Gasteiger partial charge in [0.25, 0.3) is 0 Å². The third kappa shape index (κ3) is 2.92. The molecule has 1 saturated heterocycles. The van der Waals surface area contributed by atoms with Gasteiger partial charge in [-0.15, -0.1) is 0 Å². The lowest BCUT2D eigenvalue weighted by Gasteiger charge is -2.17. The number of carbonyl (C=O) groups is 1. The zero-order valence-corrected chi connectivity index (χ0v) is 7.92. The molecular weight excluding hydrogens is 180 g/mol. The van der Waals surface area contributed by atoms with E-state index in [0.717, 1.165) is 24.6 Å². The van der Waals surface area contributed by atoms with Crippen LogP contribution in [0.15, 0.2) is 0 Å². The van der Waals surface area contributed by atoms with Crippen LogP contribution in [0.2, 0.25) is 0 Å². The van der Waals surface area contributed by atoms with Crippen LogP contribution in [0.4, 0.5) is 0 Å². The van der Waals surface area contributed by atoms with Crippen molar-refractivity contribution in [3.8, 4) is 0 Å². The molecule has 1 heterocycles. The lowest BCUT2D eigenvalue weighted by atomic mass is 10.4. The van der Waals surface area contributed by atoms with E-state index in [1.165, 1.54) is 0 Å². The van der Waals surface area contributed by atoms with Gasteiger partial charge in [0.2, 0.25) is 5.91 Å². The molecule has 64 valence electrons. The summed E-state index contributed by atoms with van der Waals surface area (Å²) < 4.78 is 0. The third-order valence-electron chi connectivity index (χ3n) is 1.50. The average molecular weight is 192 g/mol. The van der Waals surface area contributed by atoms with E-state index in [4.69, 9.17) is 5.73 Å². The molecule has 1 aliphatic heterocycles. The van der Waals surface area contributed by atoms with Crippen molar-refractivity contribution in [3.63, 3.8) is 0 Å². The van der Waals surface area contributed by atoms with Gasteiger partial charge < -0.3 is 10.6 Å². The number of nitrogens with two attached hydrogens (primary N) is 1. The summed E-state index contributed by atoms with van der Waals surface area (Å²) >= 11 is 0. The van der Waals surface area contributed by atoms with E-state index in [0.29, 0.717) is 0 Å². The molecule has 0 aromatic carbocycles. The summed E-state index contributed by atoms with van der Waals surface area (Å²) in [6, 6.07) is 0. The molecule has 0 saturated carbocycles. The maximum atomic E-state index is 11.1. The van der Waals surface area contributed by atoms with Gasteiger partial charge in [-0.2, -0.15) is 0 Å². The van der Waals surface area contributed by atoms with Crippen LogP contribution >= 0.6 is 21.6 Å². The first kappa shape index (κ1) is 9.22. The molecule has 0 aromatic heterocycles. The van der Waals surface area contributed by atoms with E-state index < -0.39 is 0 Å². The minimum atomic E-state index is 0.0769. The van der Waals surface area contributed by atoms with E-state index in [1.54, 1.807) is 0 Å². The SMILES string of the molecule is NCC(=O)N1CCSSCC1. The fourth-order valence-corrected chi connectivity index (χ4v) is 2.88. The van der Waals surface area contributed by atoms with Crippen molar-refractivity contribution in [2.45, 2.75) is 0 Å². The summed E-state index contributed by atoms with van der Waals surface area (Å²) in [4.78, 5) is 12.9. The smallest absolute Gasteiger partial charge is 0.236 e. The summed E-state index contributed by atoms with van der Waals surface area (Å²) in [5, 5.41) is 0. The Labute approximate surface area is 74.5 Å². The second-order valence-electron chi connectivity index (χ2n) is 2.23. The topological polar surface area (TPSA) is 46.3 Å². The Hall–Kier alpha value is 0.130. The van der Waals surface area contributed by atoms with Crippen molar-refractivity contribution in [1.82, 2.24) is 4.90 Å². The second kappa shape index (κ2) is 4.90. The van der Waals surface area contributed by atoms with Crippen LogP contribution < -0.4 is 5.73 Å². The fraction of sp³-hybridized carbons (Fsp3) is 0.833. The molecule has 1 fully saturated rings. The van der Waals surface area contributed by atoms with Crippen molar-refractivity contribution >= 4 is 27.5 Å². The largest absolute Gasteiger partial charge is 0.340 e. The van der Waals surface area contributed by atoms with E-state index >= 15 is 0 Å². The lowest BCUT2D eigenvalue weighted by Crippen LogP contribution is -2.38. The highest BCUT2D eigenvalue weighted by Gasteiger charge is 2.13. The van der Waals surface area contributed by atoms with Crippen LogP contribution in [0.25, 0.3) is 0 Å². The molecule has 0 unspecified atom stereocenters. The first-order valence-corrected chi connectivity index (χ1v) is 6.05. The van der Waals surface area contributed by atoms with Crippen molar-refractivity contribution in [1.29, 1.82) is 0 Å². The van der Waals surface area contributed by atoms with Crippen LogP contribution in [0, 0.1) is 0 Å². The minimum absolute atomic E-state index is 0.0769. The highest BCUT2D eigenvalue weighted by Crippen LogP contribution is 2.23. The molecule has 5 heteroatoms. The Morgan fingerprint density at radius 2 is 1.91 bits per heavy atom. The van der Waals surface area contributed by atoms with Gasteiger partial charge in [0, 0.05) is 24.6 Å². The van der Waals surface area contributed by atoms with Crippen LogP contribution in [-0.4, -0.2) is 41.9 Å². The standard InChI is InChI=1S/C6H12N2OS2/c7-5-6(9)8-1-3-10-11-4-2-8/h1-5,7H2. The zero-order chi connectivity index (χ0) is 8.10. The minimum Gasteiger partial charge on any atom is -0.340 e. The van der Waals surface area contributed by atoms with E-state index in [-0.39, 0.29) is 12.5 Å². The third-order valence-corrected chi connectivity index (χ3v) is 3.86. The molecule has 11 heavy (non-hydrogen) atoms. The van der Waals surface area contributed by atoms with Gasteiger partial charge in [0.15, 0.2) is 0 Å². The van der Waals surface area contributed by atoms with Crippen LogP contribution in [-0.2, 0) is 4.79 Å². The van der Waals surface area contributed by atoms with Gasteiger partial charge in [-0.25, -0.2) is 0 Å². The van der Waals surface area contributed by atoms with Gasteiger partial charge in [-0.3, -0.25) is 4.79 Å². The van der Waals surface area contributed by atoms with Gasteiger partial charge in [-0.05, 0) is 0 Å². The molecule has 0 bridgehead atoms. The number of hydrogen-bond acceptors (Lipinski definition) is 4. The van der Waals surface area contributed by atoms with Crippen LogP contribution in [0.3, 0.4) is 0 Å². The molecule has 1 rings (SSSR count). The molecule has 0 spiro atoms. The van der Waals surface area contributed by atoms with E-state index in [9.17, 15) is 4.79 Å². The van der Waals surface area contributed by atoms with E-state index in [2.05, 4.69) is 0 Å². The zero-order valence-electron chi connectivity index (χ0n) is 6.28. The highest BCUT2D eigenvalue weighted by atomic mass is 33.1. The van der Waals surface area contributed by atoms with Gasteiger partial charge in [-0.1, -0.05) is 21.6 Å². The van der Waals surface area contributed by atoms with Crippen molar-refractivity contribution in [3.05, 3.63) is 0 Å². The monoisotopic (exact) mass is 192 g/mol. The molecule has 1 aliphatic rings. The maximum absolute atomic E-state index is 11.1. The molecule has 3 nitrogen and oxygen atoms in total. The van der Waals surface area contributed by atoms with E-state index in [1.807, 2.05) is 26.5 Å². The number of hydrogen-bond donors (Lipinski definition) is 1. The molecule has 0 atom stereocenters. The summed E-state index contributed by atoms with van der Waals surface area (Å²) in [5.41, 5.74) is 5.25. The Bertz CT molecular complexity index is 135. The molecule has 0 aromatic rings. The Balaban J connectivity index is 2.36. The van der Waals surface area contributed by atoms with Crippen molar-refractivity contribution in [2.24, 2.45) is 5.73 Å². The van der Waals surface area contributed by atoms with Crippen LogP contribution in [0.5, 0.6) is 0 Å². The van der Waals surface area contributed by atoms with Gasteiger partial charge in [0.1, 0.15) is 0 Å². The second-order valence-corrected chi connectivity index (χ2v) is 4.93. The molecular formula is C6H12N2OS2. The first-order valence-electron chi connectivity index (χ1n) is 3.57. The van der Waals surface area contributed by atoms with Gasteiger partial charge >= 0.3 is 0 Å². The predicted molar refractivity (Wildman–Crippen MR) is 50.6 cm³/mol. The number of rotatable bonds is 1.